The summed E-state index contributed by atoms with van der Waals surface area (Å²) in [4.78, 5) is 2.24. The van der Waals surface area contributed by atoms with Gasteiger partial charge in [0.15, 0.2) is 0 Å². The predicted molar refractivity (Wildman–Crippen MR) is 90.4 cm³/mol. The van der Waals surface area contributed by atoms with Gasteiger partial charge in [-0.05, 0) is 24.3 Å². The van der Waals surface area contributed by atoms with E-state index in [1.165, 1.54) is 23.5 Å². The van der Waals surface area contributed by atoms with Crippen molar-refractivity contribution < 1.29 is 17.5 Å². The van der Waals surface area contributed by atoms with E-state index in [0.717, 1.165) is 0 Å². The third-order valence-corrected chi connectivity index (χ3v) is 6.01. The molecule has 7 heteroatoms. The van der Waals surface area contributed by atoms with E-state index in [4.69, 9.17) is 4.74 Å². The number of sulfonamides is 1. The second-order valence-electron chi connectivity index (χ2n) is 5.52. The number of ether oxygens (including phenoxy) is 1. The molecule has 5 nitrogen and oxygen atoms in total. The third kappa shape index (κ3) is 3.22. The number of hydrogen-bond donors (Lipinski definition) is 0. The SMILES string of the molecule is COc1ccc(F)cc1N1CCN(S(=O)(=O)c2ccccc2)CC1. The van der Waals surface area contributed by atoms with E-state index in [2.05, 4.69) is 0 Å². The second kappa shape index (κ2) is 6.78. The summed E-state index contributed by atoms with van der Waals surface area (Å²) in [7, 11) is -1.96. The Morgan fingerprint density at radius 2 is 1.67 bits per heavy atom. The maximum absolute atomic E-state index is 13.5. The zero-order valence-corrected chi connectivity index (χ0v) is 14.2. The highest BCUT2D eigenvalue weighted by Crippen LogP contribution is 2.30. The third-order valence-electron chi connectivity index (χ3n) is 4.10. The maximum atomic E-state index is 13.5. The van der Waals surface area contributed by atoms with Gasteiger partial charge in [-0.2, -0.15) is 4.31 Å². The first kappa shape index (κ1) is 16.7. The van der Waals surface area contributed by atoms with Crippen LogP contribution < -0.4 is 9.64 Å². The van der Waals surface area contributed by atoms with Gasteiger partial charge in [0.1, 0.15) is 11.6 Å². The van der Waals surface area contributed by atoms with E-state index >= 15 is 0 Å². The number of nitrogens with zero attached hydrogens (tertiary/aromatic N) is 2. The van der Waals surface area contributed by atoms with E-state index in [9.17, 15) is 12.8 Å². The van der Waals surface area contributed by atoms with Crippen LogP contribution in [0.2, 0.25) is 0 Å². The summed E-state index contributed by atoms with van der Waals surface area (Å²) in [5.41, 5.74) is 0.647. The molecule has 0 aliphatic carbocycles. The summed E-state index contributed by atoms with van der Waals surface area (Å²) < 4.78 is 45.5. The predicted octanol–water partition coefficient (Wildman–Crippen LogP) is 2.35. The van der Waals surface area contributed by atoms with Crippen LogP contribution in [0.3, 0.4) is 0 Å². The Morgan fingerprint density at radius 1 is 1.00 bits per heavy atom. The van der Waals surface area contributed by atoms with Crippen LogP contribution >= 0.6 is 0 Å². The first-order chi connectivity index (χ1) is 11.5. The Balaban J connectivity index is 1.76. The molecular formula is C17H19FN2O3S. The summed E-state index contributed by atoms with van der Waals surface area (Å²) >= 11 is 0. The van der Waals surface area contributed by atoms with Crippen molar-refractivity contribution >= 4 is 15.7 Å². The normalized spacial score (nSPS) is 16.2. The van der Waals surface area contributed by atoms with E-state index < -0.39 is 10.0 Å². The van der Waals surface area contributed by atoms with E-state index in [-0.39, 0.29) is 5.82 Å². The van der Waals surface area contributed by atoms with Gasteiger partial charge in [0.25, 0.3) is 0 Å². The van der Waals surface area contributed by atoms with Crippen LogP contribution in [0.5, 0.6) is 5.75 Å². The van der Waals surface area contributed by atoms with Crippen LogP contribution in [-0.4, -0.2) is 46.0 Å². The van der Waals surface area contributed by atoms with E-state index in [1.54, 1.807) is 36.4 Å². The molecule has 3 rings (SSSR count). The zero-order chi connectivity index (χ0) is 17.2. The molecule has 0 spiro atoms. The van der Waals surface area contributed by atoms with Crippen LogP contribution in [-0.2, 0) is 10.0 Å². The lowest BCUT2D eigenvalue weighted by molar-refractivity contribution is 0.377. The number of methoxy groups -OCH3 is 1. The minimum atomic E-state index is -3.49. The summed E-state index contributed by atoms with van der Waals surface area (Å²) in [5.74, 6) is 0.237. The smallest absolute Gasteiger partial charge is 0.243 e. The molecule has 0 bridgehead atoms. The summed E-state index contributed by atoms with van der Waals surface area (Å²) in [6.45, 7) is 1.64. The molecule has 0 radical (unpaired) electrons. The van der Waals surface area contributed by atoms with Crippen molar-refractivity contribution in [2.45, 2.75) is 4.90 Å². The van der Waals surface area contributed by atoms with Crippen molar-refractivity contribution in [3.05, 3.63) is 54.3 Å². The molecule has 24 heavy (non-hydrogen) atoms. The topological polar surface area (TPSA) is 49.9 Å². The van der Waals surface area contributed by atoms with Gasteiger partial charge in [-0.1, -0.05) is 18.2 Å². The standard InChI is InChI=1S/C17H19FN2O3S/c1-23-17-8-7-14(18)13-16(17)19-9-11-20(12-10-19)24(21,22)15-5-3-2-4-6-15/h2-8,13H,9-12H2,1H3. The maximum Gasteiger partial charge on any atom is 0.243 e. The van der Waals surface area contributed by atoms with Crippen molar-refractivity contribution in [2.24, 2.45) is 0 Å². The summed E-state index contributed by atoms with van der Waals surface area (Å²) in [6, 6.07) is 12.7. The van der Waals surface area contributed by atoms with Crippen molar-refractivity contribution in [1.29, 1.82) is 0 Å². The monoisotopic (exact) mass is 350 g/mol. The molecule has 0 atom stereocenters. The number of rotatable bonds is 4. The molecule has 1 fully saturated rings. The molecule has 1 saturated heterocycles. The van der Waals surface area contributed by atoms with Crippen LogP contribution in [0, 0.1) is 5.82 Å². The van der Waals surface area contributed by atoms with Crippen LogP contribution in [0.15, 0.2) is 53.4 Å². The minimum Gasteiger partial charge on any atom is -0.495 e. The molecule has 0 unspecified atom stereocenters. The molecule has 2 aromatic carbocycles. The first-order valence-electron chi connectivity index (χ1n) is 7.66. The van der Waals surface area contributed by atoms with Gasteiger partial charge in [0.2, 0.25) is 10.0 Å². The zero-order valence-electron chi connectivity index (χ0n) is 13.4. The lowest BCUT2D eigenvalue weighted by atomic mass is 10.2. The fourth-order valence-corrected chi connectivity index (χ4v) is 4.26. The Hall–Kier alpha value is -2.12. The Labute approximate surface area is 141 Å². The quantitative estimate of drug-likeness (QED) is 0.849. The first-order valence-corrected chi connectivity index (χ1v) is 9.10. The highest BCUT2D eigenvalue weighted by atomic mass is 32.2. The fourth-order valence-electron chi connectivity index (χ4n) is 2.82. The molecular weight excluding hydrogens is 331 g/mol. The van der Waals surface area contributed by atoms with Crippen molar-refractivity contribution in [3.8, 4) is 5.75 Å². The summed E-state index contributed by atoms with van der Waals surface area (Å²) in [6.07, 6.45) is 0. The van der Waals surface area contributed by atoms with Crippen molar-refractivity contribution in [1.82, 2.24) is 4.31 Å². The second-order valence-corrected chi connectivity index (χ2v) is 7.46. The van der Waals surface area contributed by atoms with Gasteiger partial charge in [-0.15, -0.1) is 0 Å². The van der Waals surface area contributed by atoms with Crippen LogP contribution in [0.25, 0.3) is 0 Å². The Bertz CT molecular complexity index is 804. The fraction of sp³-hybridized carbons (Fsp3) is 0.294. The van der Waals surface area contributed by atoms with Gasteiger partial charge in [-0.25, -0.2) is 12.8 Å². The van der Waals surface area contributed by atoms with Gasteiger partial charge >= 0.3 is 0 Å². The van der Waals surface area contributed by atoms with Gasteiger partial charge in [-0.3, -0.25) is 0 Å². The molecule has 0 amide bonds. The average molecular weight is 350 g/mol. The van der Waals surface area contributed by atoms with Crippen molar-refractivity contribution in [3.63, 3.8) is 0 Å². The lowest BCUT2D eigenvalue weighted by Gasteiger charge is -2.35. The number of halogens is 1. The Kier molecular flexibility index (Phi) is 4.73. The van der Waals surface area contributed by atoms with Crippen LogP contribution in [0.4, 0.5) is 10.1 Å². The van der Waals surface area contributed by atoms with Crippen molar-refractivity contribution in [2.75, 3.05) is 38.2 Å². The molecule has 1 aliphatic rings. The number of anilines is 1. The average Bonchev–Trinajstić information content (AvgIpc) is 2.62. The number of piperazine rings is 1. The molecule has 0 saturated carbocycles. The van der Waals surface area contributed by atoms with E-state index in [0.29, 0.717) is 42.5 Å². The highest BCUT2D eigenvalue weighted by Gasteiger charge is 2.29. The molecule has 0 N–H and O–H groups in total. The lowest BCUT2D eigenvalue weighted by Crippen LogP contribution is -2.48. The Morgan fingerprint density at radius 3 is 2.29 bits per heavy atom. The summed E-state index contributed by atoms with van der Waals surface area (Å²) in [5, 5.41) is 0. The highest BCUT2D eigenvalue weighted by molar-refractivity contribution is 7.89. The molecule has 1 aliphatic heterocycles. The number of hydrogen-bond acceptors (Lipinski definition) is 4. The molecule has 1 heterocycles. The number of benzene rings is 2. The molecule has 128 valence electrons. The largest absolute Gasteiger partial charge is 0.495 e. The van der Waals surface area contributed by atoms with E-state index in [1.807, 2.05) is 4.90 Å². The molecule has 0 aromatic heterocycles. The van der Waals surface area contributed by atoms with Crippen LogP contribution in [0.1, 0.15) is 0 Å². The van der Waals surface area contributed by atoms with Gasteiger partial charge in [0.05, 0.1) is 17.7 Å². The van der Waals surface area contributed by atoms with Gasteiger partial charge < -0.3 is 9.64 Å². The molecule has 2 aromatic rings. The van der Waals surface area contributed by atoms with Gasteiger partial charge in [0, 0.05) is 32.2 Å². The minimum absolute atomic E-state index is 0.293.